The third kappa shape index (κ3) is 1.80. The molecule has 1 rings (SSSR count). The van der Waals surface area contributed by atoms with E-state index in [1.807, 2.05) is 0 Å². The van der Waals surface area contributed by atoms with Crippen LogP contribution in [0.3, 0.4) is 0 Å². The molecule has 60 valence electrons. The summed E-state index contributed by atoms with van der Waals surface area (Å²) >= 11 is 3.03. The first-order valence-corrected chi connectivity index (χ1v) is 3.75. The molecular weight excluding hydrogens is 214 g/mol. The largest absolute Gasteiger partial charge is 0.481 e. The number of aliphatic carboxylic acids is 1. The molecule has 1 aromatic rings. The van der Waals surface area contributed by atoms with Gasteiger partial charge in [0.15, 0.2) is 0 Å². The Morgan fingerprint density at radius 3 is 2.91 bits per heavy atom. The summed E-state index contributed by atoms with van der Waals surface area (Å²) in [6, 6.07) is 1.54. The lowest BCUT2D eigenvalue weighted by Crippen LogP contribution is -2.07. The SMILES string of the molecule is CC(C(=O)O)c1cc(Br)on1. The number of carbonyl (C=O) groups is 1. The van der Waals surface area contributed by atoms with Gasteiger partial charge in [0.1, 0.15) is 0 Å². The van der Waals surface area contributed by atoms with Crippen LogP contribution in [0.5, 0.6) is 0 Å². The van der Waals surface area contributed by atoms with E-state index < -0.39 is 11.9 Å². The minimum atomic E-state index is -0.911. The highest BCUT2D eigenvalue weighted by molar-refractivity contribution is 9.10. The zero-order valence-electron chi connectivity index (χ0n) is 5.74. The van der Waals surface area contributed by atoms with Crippen molar-refractivity contribution in [2.75, 3.05) is 0 Å². The molecule has 0 aromatic carbocycles. The van der Waals surface area contributed by atoms with Crippen LogP contribution in [0.4, 0.5) is 0 Å². The maximum Gasteiger partial charge on any atom is 0.312 e. The van der Waals surface area contributed by atoms with Crippen molar-refractivity contribution in [3.05, 3.63) is 16.4 Å². The van der Waals surface area contributed by atoms with Crippen LogP contribution in [0, 0.1) is 0 Å². The minimum absolute atomic E-state index is 0.421. The van der Waals surface area contributed by atoms with E-state index in [1.165, 1.54) is 0 Å². The van der Waals surface area contributed by atoms with E-state index in [0.29, 0.717) is 10.4 Å². The van der Waals surface area contributed by atoms with Crippen LogP contribution < -0.4 is 0 Å². The summed E-state index contributed by atoms with van der Waals surface area (Å²) in [5.74, 6) is -1.53. The predicted molar refractivity (Wildman–Crippen MR) is 40.3 cm³/mol. The first-order valence-electron chi connectivity index (χ1n) is 2.96. The Labute approximate surface area is 71.3 Å². The fourth-order valence-corrected chi connectivity index (χ4v) is 0.903. The van der Waals surface area contributed by atoms with Crippen molar-refractivity contribution in [2.24, 2.45) is 0 Å². The van der Waals surface area contributed by atoms with E-state index in [-0.39, 0.29) is 0 Å². The van der Waals surface area contributed by atoms with Crippen molar-refractivity contribution in [3.8, 4) is 0 Å². The predicted octanol–water partition coefficient (Wildman–Crippen LogP) is 1.63. The first-order chi connectivity index (χ1) is 5.11. The van der Waals surface area contributed by atoms with Gasteiger partial charge in [-0.05, 0) is 22.9 Å². The van der Waals surface area contributed by atoms with Gasteiger partial charge >= 0.3 is 5.97 Å². The molecule has 1 aromatic heterocycles. The molecule has 0 fully saturated rings. The van der Waals surface area contributed by atoms with E-state index in [2.05, 4.69) is 25.6 Å². The van der Waals surface area contributed by atoms with E-state index in [0.717, 1.165) is 0 Å². The molecule has 0 saturated heterocycles. The second kappa shape index (κ2) is 3.04. The van der Waals surface area contributed by atoms with Crippen LogP contribution in [0.2, 0.25) is 0 Å². The van der Waals surface area contributed by atoms with Gasteiger partial charge in [0.25, 0.3) is 0 Å². The van der Waals surface area contributed by atoms with Crippen LogP contribution in [0.1, 0.15) is 18.5 Å². The van der Waals surface area contributed by atoms with E-state index in [4.69, 9.17) is 5.11 Å². The molecule has 0 spiro atoms. The second-order valence-corrected chi connectivity index (χ2v) is 2.90. The Hall–Kier alpha value is -0.840. The molecule has 1 heterocycles. The molecule has 0 saturated carbocycles. The van der Waals surface area contributed by atoms with E-state index in [9.17, 15) is 4.79 Å². The van der Waals surface area contributed by atoms with Crippen LogP contribution in [-0.4, -0.2) is 16.2 Å². The molecule has 1 unspecified atom stereocenters. The third-order valence-corrected chi connectivity index (χ3v) is 1.69. The quantitative estimate of drug-likeness (QED) is 0.822. The summed E-state index contributed by atoms with van der Waals surface area (Å²) in [6.07, 6.45) is 0. The molecule has 0 aliphatic carbocycles. The second-order valence-electron chi connectivity index (χ2n) is 2.12. The number of rotatable bonds is 2. The van der Waals surface area contributed by atoms with Gasteiger partial charge in [0, 0.05) is 6.07 Å². The lowest BCUT2D eigenvalue weighted by molar-refractivity contribution is -0.138. The average molecular weight is 220 g/mol. The Bertz CT molecular complexity index is 271. The maximum atomic E-state index is 10.4. The summed E-state index contributed by atoms with van der Waals surface area (Å²) in [5.41, 5.74) is 0.421. The zero-order chi connectivity index (χ0) is 8.43. The van der Waals surface area contributed by atoms with Gasteiger partial charge in [0.05, 0.1) is 11.6 Å². The van der Waals surface area contributed by atoms with Crippen molar-refractivity contribution in [1.29, 1.82) is 0 Å². The summed E-state index contributed by atoms with van der Waals surface area (Å²) in [4.78, 5) is 10.4. The molecule has 0 aliphatic heterocycles. The molecule has 1 atom stereocenters. The van der Waals surface area contributed by atoms with Crippen LogP contribution >= 0.6 is 15.9 Å². The standard InChI is InChI=1S/C6H6BrNO3/c1-3(6(9)10)4-2-5(7)11-8-4/h2-3H,1H3,(H,9,10). The van der Waals surface area contributed by atoms with Gasteiger partial charge in [-0.15, -0.1) is 0 Å². The van der Waals surface area contributed by atoms with Gasteiger partial charge in [-0.2, -0.15) is 0 Å². The van der Waals surface area contributed by atoms with Crippen molar-refractivity contribution >= 4 is 21.9 Å². The fourth-order valence-electron chi connectivity index (χ4n) is 0.596. The Morgan fingerprint density at radius 1 is 1.91 bits per heavy atom. The highest BCUT2D eigenvalue weighted by Crippen LogP contribution is 2.18. The molecular formula is C6H6BrNO3. The lowest BCUT2D eigenvalue weighted by Gasteiger charge is -1.97. The van der Waals surface area contributed by atoms with Gasteiger partial charge in [-0.1, -0.05) is 5.16 Å². The molecule has 0 bridgehead atoms. The monoisotopic (exact) mass is 219 g/mol. The molecule has 0 aliphatic rings. The zero-order valence-corrected chi connectivity index (χ0v) is 7.33. The summed E-state index contributed by atoms with van der Waals surface area (Å²) < 4.78 is 5.08. The van der Waals surface area contributed by atoms with Gasteiger partial charge in [0.2, 0.25) is 4.67 Å². The van der Waals surface area contributed by atoms with Crippen LogP contribution in [-0.2, 0) is 4.79 Å². The Kier molecular flexibility index (Phi) is 2.28. The normalized spacial score (nSPS) is 12.9. The number of carboxylic acids is 1. The Morgan fingerprint density at radius 2 is 2.55 bits per heavy atom. The highest BCUT2D eigenvalue weighted by atomic mass is 79.9. The minimum Gasteiger partial charge on any atom is -0.481 e. The average Bonchev–Trinajstić information content (AvgIpc) is 2.34. The van der Waals surface area contributed by atoms with Crippen molar-refractivity contribution in [1.82, 2.24) is 5.16 Å². The third-order valence-electron chi connectivity index (χ3n) is 1.31. The number of halogens is 1. The lowest BCUT2D eigenvalue weighted by atomic mass is 10.1. The van der Waals surface area contributed by atoms with Gasteiger partial charge in [-0.25, -0.2) is 0 Å². The topological polar surface area (TPSA) is 63.3 Å². The van der Waals surface area contributed by atoms with E-state index in [1.54, 1.807) is 13.0 Å². The number of nitrogens with zero attached hydrogens (tertiary/aromatic N) is 1. The first kappa shape index (κ1) is 8.26. The smallest absolute Gasteiger partial charge is 0.312 e. The van der Waals surface area contributed by atoms with Crippen LogP contribution in [0.25, 0.3) is 0 Å². The number of hydrogen-bond donors (Lipinski definition) is 1. The molecule has 4 nitrogen and oxygen atoms in total. The van der Waals surface area contributed by atoms with Crippen molar-refractivity contribution < 1.29 is 14.4 Å². The van der Waals surface area contributed by atoms with E-state index >= 15 is 0 Å². The van der Waals surface area contributed by atoms with Gasteiger partial charge in [-0.3, -0.25) is 4.79 Å². The van der Waals surface area contributed by atoms with Crippen LogP contribution in [0.15, 0.2) is 15.3 Å². The molecule has 0 radical (unpaired) electrons. The molecule has 11 heavy (non-hydrogen) atoms. The molecule has 5 heteroatoms. The Balaban J connectivity index is 2.84. The molecule has 1 N–H and O–H groups in total. The number of aromatic nitrogens is 1. The fraction of sp³-hybridized carbons (Fsp3) is 0.333. The number of carboxylic acid groups (broad SMARTS) is 1. The van der Waals surface area contributed by atoms with Crippen molar-refractivity contribution in [3.63, 3.8) is 0 Å². The summed E-state index contributed by atoms with van der Waals surface area (Å²) in [7, 11) is 0. The molecule has 0 amide bonds. The maximum absolute atomic E-state index is 10.4. The van der Waals surface area contributed by atoms with Gasteiger partial charge < -0.3 is 9.63 Å². The highest BCUT2D eigenvalue weighted by Gasteiger charge is 2.17. The summed E-state index contributed by atoms with van der Waals surface area (Å²) in [6.45, 7) is 1.55. The van der Waals surface area contributed by atoms with Crippen molar-refractivity contribution in [2.45, 2.75) is 12.8 Å². The summed E-state index contributed by atoms with van der Waals surface area (Å²) in [5, 5.41) is 12.1. The number of hydrogen-bond acceptors (Lipinski definition) is 3.